The first-order valence-electron chi connectivity index (χ1n) is 11.7. The molecular weight excluding hydrogens is 530 g/mol. The van der Waals surface area contributed by atoms with Crippen molar-refractivity contribution >= 4 is 37.3 Å². The zero-order chi connectivity index (χ0) is 27.7. The molecular formula is C26H29N3O7S2. The van der Waals surface area contributed by atoms with Crippen LogP contribution in [0.25, 0.3) is 0 Å². The lowest BCUT2D eigenvalue weighted by molar-refractivity contribution is -0.117. The van der Waals surface area contributed by atoms with Gasteiger partial charge in [-0.2, -0.15) is 0 Å². The minimum atomic E-state index is -4.18. The van der Waals surface area contributed by atoms with Crippen LogP contribution in [0.2, 0.25) is 0 Å². The number of anilines is 2. The van der Waals surface area contributed by atoms with Crippen molar-refractivity contribution in [2.75, 3.05) is 50.6 Å². The van der Waals surface area contributed by atoms with Gasteiger partial charge < -0.3 is 14.4 Å². The molecule has 1 aliphatic rings. The molecule has 4 rings (SSSR count). The molecule has 0 N–H and O–H groups in total. The number of para-hydroxylation sites is 2. The van der Waals surface area contributed by atoms with Crippen LogP contribution in [0.15, 0.2) is 76.5 Å². The second-order valence-electron chi connectivity index (χ2n) is 8.73. The standard InChI is InChI=1S/C26H29N3O7S2/c1-27(2)37(31,32)22-13-14-23-19(17-22)15-16-28(23)26(30)18-29(24-7-5-6-8-25(24)36-4)38(33,34)21-11-9-20(35-3)10-12-21/h5-14,17H,15-16,18H2,1-4H3. The van der Waals surface area contributed by atoms with Gasteiger partial charge in [-0.1, -0.05) is 12.1 Å². The summed E-state index contributed by atoms with van der Waals surface area (Å²) in [6.45, 7) is -0.200. The van der Waals surface area contributed by atoms with Crippen LogP contribution in [-0.2, 0) is 31.3 Å². The Balaban J connectivity index is 1.71. The number of ether oxygens (including phenoxy) is 2. The Morgan fingerprint density at radius 2 is 1.53 bits per heavy atom. The van der Waals surface area contributed by atoms with E-state index >= 15 is 0 Å². The number of fused-ring (bicyclic) bond motifs is 1. The average molecular weight is 560 g/mol. The summed E-state index contributed by atoms with van der Waals surface area (Å²) in [6, 6.07) is 17.1. The van der Waals surface area contributed by atoms with Gasteiger partial charge in [0.25, 0.3) is 10.0 Å². The highest BCUT2D eigenvalue weighted by Gasteiger charge is 2.33. The molecule has 3 aromatic rings. The lowest BCUT2D eigenvalue weighted by Crippen LogP contribution is -2.42. The molecule has 1 amide bonds. The Morgan fingerprint density at radius 3 is 2.16 bits per heavy atom. The molecule has 0 radical (unpaired) electrons. The number of carbonyl (C=O) groups excluding carboxylic acids is 1. The predicted octanol–water partition coefficient (Wildman–Crippen LogP) is 2.74. The molecule has 12 heteroatoms. The van der Waals surface area contributed by atoms with E-state index in [0.29, 0.717) is 30.0 Å². The van der Waals surface area contributed by atoms with E-state index in [1.165, 1.54) is 63.5 Å². The van der Waals surface area contributed by atoms with Crippen LogP contribution in [0.3, 0.4) is 0 Å². The molecule has 0 fully saturated rings. The van der Waals surface area contributed by atoms with E-state index in [1.807, 2.05) is 0 Å². The maximum atomic E-state index is 13.8. The normalized spacial score (nSPS) is 13.3. The quantitative estimate of drug-likeness (QED) is 0.396. The van der Waals surface area contributed by atoms with Gasteiger partial charge in [-0.3, -0.25) is 9.10 Å². The summed E-state index contributed by atoms with van der Waals surface area (Å²) < 4.78 is 65.4. The zero-order valence-corrected chi connectivity index (χ0v) is 23.1. The Hall–Kier alpha value is -3.61. The van der Waals surface area contributed by atoms with E-state index in [1.54, 1.807) is 36.4 Å². The van der Waals surface area contributed by atoms with Gasteiger partial charge in [-0.15, -0.1) is 0 Å². The van der Waals surface area contributed by atoms with Crippen LogP contribution in [0.4, 0.5) is 11.4 Å². The van der Waals surface area contributed by atoms with Gasteiger partial charge >= 0.3 is 0 Å². The average Bonchev–Trinajstić information content (AvgIpc) is 3.35. The SMILES string of the molecule is COc1ccc(S(=O)(=O)N(CC(=O)N2CCc3cc(S(=O)(=O)N(C)C)ccc32)c2ccccc2OC)cc1. The van der Waals surface area contributed by atoms with Crippen molar-refractivity contribution < 1.29 is 31.1 Å². The van der Waals surface area contributed by atoms with Crippen LogP contribution in [0, 0.1) is 0 Å². The fourth-order valence-electron chi connectivity index (χ4n) is 4.23. The minimum absolute atomic E-state index is 0.0163. The monoisotopic (exact) mass is 559 g/mol. The molecule has 38 heavy (non-hydrogen) atoms. The summed E-state index contributed by atoms with van der Waals surface area (Å²) in [7, 11) is -2.01. The van der Waals surface area contributed by atoms with E-state index in [-0.39, 0.29) is 21.2 Å². The second kappa shape index (κ2) is 10.6. The first-order valence-corrected chi connectivity index (χ1v) is 14.5. The molecule has 3 aromatic carbocycles. The Bertz CT molecular complexity index is 1550. The molecule has 0 unspecified atom stereocenters. The lowest BCUT2D eigenvalue weighted by Gasteiger charge is -2.28. The second-order valence-corrected chi connectivity index (χ2v) is 12.7. The highest BCUT2D eigenvalue weighted by Crippen LogP contribution is 2.35. The van der Waals surface area contributed by atoms with Gasteiger partial charge in [0.15, 0.2) is 0 Å². The molecule has 0 spiro atoms. The minimum Gasteiger partial charge on any atom is -0.497 e. The third-order valence-corrected chi connectivity index (χ3v) is 9.89. The summed E-state index contributed by atoms with van der Waals surface area (Å²) in [5, 5.41) is 0. The number of methoxy groups -OCH3 is 2. The summed E-state index contributed by atoms with van der Waals surface area (Å²) in [4.78, 5) is 15.2. The summed E-state index contributed by atoms with van der Waals surface area (Å²) in [6.07, 6.45) is 0.442. The summed E-state index contributed by atoms with van der Waals surface area (Å²) in [5.74, 6) is 0.320. The van der Waals surface area contributed by atoms with Gasteiger partial charge in [0.2, 0.25) is 15.9 Å². The number of amides is 1. The van der Waals surface area contributed by atoms with Crippen molar-refractivity contribution in [3.05, 3.63) is 72.3 Å². The molecule has 0 saturated heterocycles. The van der Waals surface area contributed by atoms with Crippen molar-refractivity contribution in [1.82, 2.24) is 4.31 Å². The van der Waals surface area contributed by atoms with Crippen LogP contribution < -0.4 is 18.7 Å². The first-order chi connectivity index (χ1) is 18.0. The van der Waals surface area contributed by atoms with Crippen molar-refractivity contribution in [3.63, 3.8) is 0 Å². The van der Waals surface area contributed by atoms with Crippen LogP contribution >= 0.6 is 0 Å². The Morgan fingerprint density at radius 1 is 0.868 bits per heavy atom. The van der Waals surface area contributed by atoms with E-state index in [0.717, 1.165) is 8.61 Å². The van der Waals surface area contributed by atoms with E-state index in [2.05, 4.69) is 0 Å². The van der Waals surface area contributed by atoms with Crippen molar-refractivity contribution in [2.24, 2.45) is 0 Å². The Labute approximate surface area is 223 Å². The zero-order valence-electron chi connectivity index (χ0n) is 21.5. The van der Waals surface area contributed by atoms with Crippen molar-refractivity contribution in [1.29, 1.82) is 0 Å². The van der Waals surface area contributed by atoms with E-state index < -0.39 is 32.5 Å². The van der Waals surface area contributed by atoms with Crippen LogP contribution in [0.1, 0.15) is 5.56 Å². The molecule has 0 atom stereocenters. The molecule has 0 aromatic heterocycles. The number of nitrogens with zero attached hydrogens (tertiary/aromatic N) is 3. The number of hydrogen-bond donors (Lipinski definition) is 0. The van der Waals surface area contributed by atoms with Gasteiger partial charge in [0.05, 0.1) is 29.7 Å². The predicted molar refractivity (Wildman–Crippen MR) is 144 cm³/mol. The molecule has 0 bridgehead atoms. The number of rotatable bonds is 9. The first kappa shape index (κ1) is 27.4. The van der Waals surface area contributed by atoms with E-state index in [9.17, 15) is 21.6 Å². The third kappa shape index (κ3) is 5.06. The van der Waals surface area contributed by atoms with Gasteiger partial charge in [0.1, 0.15) is 18.0 Å². The highest BCUT2D eigenvalue weighted by atomic mass is 32.2. The fourth-order valence-corrected chi connectivity index (χ4v) is 6.60. The van der Waals surface area contributed by atoms with Crippen LogP contribution in [-0.4, -0.2) is 68.5 Å². The number of benzene rings is 3. The number of sulfonamides is 2. The maximum absolute atomic E-state index is 13.8. The van der Waals surface area contributed by atoms with Gasteiger partial charge in [-0.25, -0.2) is 21.1 Å². The fraction of sp³-hybridized carbons (Fsp3) is 0.269. The highest BCUT2D eigenvalue weighted by molar-refractivity contribution is 7.93. The Kier molecular flexibility index (Phi) is 7.68. The molecule has 0 aliphatic carbocycles. The third-order valence-electron chi connectivity index (χ3n) is 6.31. The molecule has 0 saturated carbocycles. The number of carbonyl (C=O) groups is 1. The summed E-state index contributed by atoms with van der Waals surface area (Å²) >= 11 is 0. The van der Waals surface area contributed by atoms with Gasteiger partial charge in [-0.05, 0) is 66.6 Å². The van der Waals surface area contributed by atoms with Crippen molar-refractivity contribution in [2.45, 2.75) is 16.2 Å². The number of hydrogen-bond acceptors (Lipinski definition) is 7. The maximum Gasteiger partial charge on any atom is 0.264 e. The molecule has 10 nitrogen and oxygen atoms in total. The molecule has 1 heterocycles. The summed E-state index contributed by atoms with van der Waals surface area (Å²) in [5.41, 5.74) is 1.46. The van der Waals surface area contributed by atoms with Crippen LogP contribution in [0.5, 0.6) is 11.5 Å². The van der Waals surface area contributed by atoms with E-state index in [4.69, 9.17) is 9.47 Å². The molecule has 202 valence electrons. The lowest BCUT2D eigenvalue weighted by atomic mass is 10.2. The topological polar surface area (TPSA) is 114 Å². The van der Waals surface area contributed by atoms with Crippen molar-refractivity contribution in [3.8, 4) is 11.5 Å². The van der Waals surface area contributed by atoms with Gasteiger partial charge in [0, 0.05) is 26.3 Å². The molecule has 1 aliphatic heterocycles. The smallest absolute Gasteiger partial charge is 0.264 e. The largest absolute Gasteiger partial charge is 0.497 e.